The van der Waals surface area contributed by atoms with E-state index in [9.17, 15) is 8.42 Å². The summed E-state index contributed by atoms with van der Waals surface area (Å²) in [5.41, 5.74) is 1.15. The van der Waals surface area contributed by atoms with Gasteiger partial charge in [0.15, 0.2) is 0 Å². The zero-order valence-electron chi connectivity index (χ0n) is 10.5. The average molecular weight is 276 g/mol. The average Bonchev–Trinajstić information content (AvgIpc) is 2.70. The second-order valence-electron chi connectivity index (χ2n) is 4.20. The lowest BCUT2D eigenvalue weighted by Crippen LogP contribution is -2.35. The quantitative estimate of drug-likeness (QED) is 0.824. The molecule has 0 aliphatic heterocycles. The molecule has 1 aromatic heterocycles. The van der Waals surface area contributed by atoms with Crippen molar-refractivity contribution >= 4 is 21.4 Å². The molecule has 0 aliphatic carbocycles. The van der Waals surface area contributed by atoms with Gasteiger partial charge >= 0.3 is 0 Å². The third-order valence-corrected chi connectivity index (χ3v) is 4.77. The van der Waals surface area contributed by atoms with Gasteiger partial charge in [-0.3, -0.25) is 0 Å². The second kappa shape index (κ2) is 6.49. The summed E-state index contributed by atoms with van der Waals surface area (Å²) in [4.78, 5) is 2.02. The Balaban J connectivity index is 2.64. The molecule has 0 aromatic carbocycles. The maximum absolute atomic E-state index is 11.6. The summed E-state index contributed by atoms with van der Waals surface area (Å²) in [5.74, 6) is 0.191. The molecular weight excluding hydrogens is 256 g/mol. The highest BCUT2D eigenvalue weighted by Crippen LogP contribution is 2.20. The van der Waals surface area contributed by atoms with Crippen LogP contribution in [0.2, 0.25) is 0 Å². The number of thiophene rings is 1. The van der Waals surface area contributed by atoms with Crippen LogP contribution in [0.1, 0.15) is 24.9 Å². The van der Waals surface area contributed by atoms with Crippen LogP contribution in [0.3, 0.4) is 0 Å². The fourth-order valence-corrected chi connectivity index (χ4v) is 3.41. The molecule has 17 heavy (non-hydrogen) atoms. The van der Waals surface area contributed by atoms with Crippen LogP contribution in [-0.2, 0) is 10.0 Å². The minimum atomic E-state index is -3.12. The predicted molar refractivity (Wildman–Crippen MR) is 72.8 cm³/mol. The highest BCUT2D eigenvalue weighted by Gasteiger charge is 2.17. The van der Waals surface area contributed by atoms with Gasteiger partial charge in [-0.05, 0) is 42.9 Å². The van der Waals surface area contributed by atoms with Crippen LogP contribution in [0, 0.1) is 0 Å². The van der Waals surface area contributed by atoms with Gasteiger partial charge in [-0.15, -0.1) is 0 Å². The van der Waals surface area contributed by atoms with Gasteiger partial charge in [0, 0.05) is 12.6 Å². The SMILES string of the molecule is CCCS(=O)(=O)NC[C@@H](c1ccsc1)N(C)C. The first-order chi connectivity index (χ1) is 7.96. The number of rotatable bonds is 7. The van der Waals surface area contributed by atoms with E-state index in [1.165, 1.54) is 0 Å². The van der Waals surface area contributed by atoms with E-state index >= 15 is 0 Å². The Morgan fingerprint density at radius 3 is 2.65 bits per heavy atom. The van der Waals surface area contributed by atoms with Crippen LogP contribution in [0.15, 0.2) is 16.8 Å². The number of likely N-dealkylation sites (N-methyl/N-ethyl adjacent to an activating group) is 1. The fourth-order valence-electron chi connectivity index (χ4n) is 1.61. The Morgan fingerprint density at radius 2 is 2.18 bits per heavy atom. The maximum atomic E-state index is 11.6. The summed E-state index contributed by atoms with van der Waals surface area (Å²) in [7, 11) is 0.785. The van der Waals surface area contributed by atoms with E-state index in [1.54, 1.807) is 11.3 Å². The molecule has 1 atom stereocenters. The fraction of sp³-hybridized carbons (Fsp3) is 0.636. The molecular formula is C11H20N2O2S2. The first-order valence-corrected chi connectivity index (χ1v) is 8.21. The van der Waals surface area contributed by atoms with Crippen LogP contribution < -0.4 is 4.72 Å². The third kappa shape index (κ3) is 4.75. The van der Waals surface area contributed by atoms with E-state index in [1.807, 2.05) is 37.4 Å². The first kappa shape index (κ1) is 14.6. The molecule has 0 fully saturated rings. The highest BCUT2D eigenvalue weighted by atomic mass is 32.2. The van der Waals surface area contributed by atoms with E-state index in [4.69, 9.17) is 0 Å². The molecule has 0 amide bonds. The molecule has 0 unspecified atom stereocenters. The van der Waals surface area contributed by atoms with Gasteiger partial charge in [0.05, 0.1) is 5.75 Å². The van der Waals surface area contributed by atoms with Gasteiger partial charge in [0.2, 0.25) is 10.0 Å². The Hall–Kier alpha value is -0.430. The molecule has 0 saturated carbocycles. The van der Waals surface area contributed by atoms with Crippen LogP contribution in [0.25, 0.3) is 0 Å². The number of nitrogens with one attached hydrogen (secondary N) is 1. The summed E-state index contributed by atoms with van der Waals surface area (Å²) < 4.78 is 25.9. The van der Waals surface area contributed by atoms with Crippen molar-refractivity contribution in [3.8, 4) is 0 Å². The number of hydrogen-bond acceptors (Lipinski definition) is 4. The number of sulfonamides is 1. The Kier molecular flexibility index (Phi) is 5.58. The van der Waals surface area contributed by atoms with Crippen molar-refractivity contribution in [1.29, 1.82) is 0 Å². The molecule has 0 bridgehead atoms. The van der Waals surface area contributed by atoms with E-state index in [2.05, 4.69) is 10.1 Å². The molecule has 0 aliphatic rings. The molecule has 0 spiro atoms. The second-order valence-corrected chi connectivity index (χ2v) is 6.91. The number of hydrogen-bond donors (Lipinski definition) is 1. The van der Waals surface area contributed by atoms with Gasteiger partial charge in [-0.1, -0.05) is 6.92 Å². The molecule has 6 heteroatoms. The number of nitrogens with zero attached hydrogens (tertiary/aromatic N) is 1. The van der Waals surface area contributed by atoms with E-state index < -0.39 is 10.0 Å². The van der Waals surface area contributed by atoms with Gasteiger partial charge in [-0.2, -0.15) is 11.3 Å². The van der Waals surface area contributed by atoms with Crippen LogP contribution >= 0.6 is 11.3 Å². The van der Waals surface area contributed by atoms with Crippen molar-refractivity contribution in [1.82, 2.24) is 9.62 Å². The Labute approximate surface area is 108 Å². The Bertz CT molecular complexity index is 413. The van der Waals surface area contributed by atoms with Crippen LogP contribution in [-0.4, -0.2) is 39.7 Å². The predicted octanol–water partition coefficient (Wildman–Crippen LogP) is 1.68. The normalized spacial score (nSPS) is 14.1. The molecule has 1 N–H and O–H groups in total. The minimum Gasteiger partial charge on any atom is -0.301 e. The summed E-state index contributed by atoms with van der Waals surface area (Å²) in [6, 6.07) is 2.12. The minimum absolute atomic E-state index is 0.0906. The maximum Gasteiger partial charge on any atom is 0.211 e. The molecule has 1 rings (SSSR count). The smallest absolute Gasteiger partial charge is 0.211 e. The summed E-state index contributed by atoms with van der Waals surface area (Å²) in [6.07, 6.45) is 0.639. The molecule has 1 aromatic rings. The van der Waals surface area contributed by atoms with Gasteiger partial charge in [-0.25, -0.2) is 13.1 Å². The lowest BCUT2D eigenvalue weighted by Gasteiger charge is -2.23. The summed E-state index contributed by atoms with van der Waals surface area (Å²) in [6.45, 7) is 2.29. The largest absolute Gasteiger partial charge is 0.301 e. The monoisotopic (exact) mass is 276 g/mol. The van der Waals surface area contributed by atoms with Crippen molar-refractivity contribution in [3.63, 3.8) is 0 Å². The van der Waals surface area contributed by atoms with Crippen molar-refractivity contribution < 1.29 is 8.42 Å². The molecule has 1 heterocycles. The van der Waals surface area contributed by atoms with E-state index in [0.717, 1.165) is 5.56 Å². The standard InChI is InChI=1S/C11H20N2O2S2/c1-4-7-17(14,15)12-8-11(13(2)3)10-5-6-16-9-10/h5-6,9,11-12H,4,7-8H2,1-3H3/t11-/m0/s1. The summed E-state index contributed by atoms with van der Waals surface area (Å²) in [5, 5.41) is 4.06. The lowest BCUT2D eigenvalue weighted by atomic mass is 10.1. The van der Waals surface area contributed by atoms with Crippen LogP contribution in [0.5, 0.6) is 0 Å². The van der Waals surface area contributed by atoms with Crippen molar-refractivity contribution in [2.45, 2.75) is 19.4 Å². The zero-order valence-corrected chi connectivity index (χ0v) is 12.1. The Morgan fingerprint density at radius 1 is 1.47 bits per heavy atom. The highest BCUT2D eigenvalue weighted by molar-refractivity contribution is 7.89. The third-order valence-electron chi connectivity index (χ3n) is 2.52. The van der Waals surface area contributed by atoms with Gasteiger partial charge in [0.1, 0.15) is 0 Å². The van der Waals surface area contributed by atoms with E-state index in [0.29, 0.717) is 13.0 Å². The molecule has 98 valence electrons. The molecule has 0 radical (unpaired) electrons. The topological polar surface area (TPSA) is 49.4 Å². The van der Waals surface area contributed by atoms with Gasteiger partial charge < -0.3 is 4.90 Å². The first-order valence-electron chi connectivity index (χ1n) is 5.62. The molecule has 4 nitrogen and oxygen atoms in total. The lowest BCUT2D eigenvalue weighted by molar-refractivity contribution is 0.300. The zero-order chi connectivity index (χ0) is 12.9. The van der Waals surface area contributed by atoms with E-state index in [-0.39, 0.29) is 11.8 Å². The van der Waals surface area contributed by atoms with Crippen molar-refractivity contribution in [2.24, 2.45) is 0 Å². The van der Waals surface area contributed by atoms with Crippen LogP contribution in [0.4, 0.5) is 0 Å². The summed E-state index contributed by atoms with van der Waals surface area (Å²) >= 11 is 1.63. The van der Waals surface area contributed by atoms with Crippen molar-refractivity contribution in [3.05, 3.63) is 22.4 Å². The van der Waals surface area contributed by atoms with Gasteiger partial charge in [0.25, 0.3) is 0 Å². The van der Waals surface area contributed by atoms with Crippen molar-refractivity contribution in [2.75, 3.05) is 26.4 Å². The molecule has 0 saturated heterocycles.